The molecular formula is C15H17N5O. The summed E-state index contributed by atoms with van der Waals surface area (Å²) in [6.45, 7) is 0.492. The van der Waals surface area contributed by atoms with Gasteiger partial charge in [-0.1, -0.05) is 12.1 Å². The Hall–Kier alpha value is -2.60. The van der Waals surface area contributed by atoms with Crippen LogP contribution in [0.2, 0.25) is 0 Å². The Labute approximate surface area is 122 Å². The zero-order valence-electron chi connectivity index (χ0n) is 12.0. The van der Waals surface area contributed by atoms with Gasteiger partial charge in [-0.25, -0.2) is 9.50 Å². The average Bonchev–Trinajstić information content (AvgIpc) is 2.87. The van der Waals surface area contributed by atoms with Crippen molar-refractivity contribution in [1.29, 1.82) is 0 Å². The molecule has 1 aromatic carbocycles. The zero-order chi connectivity index (χ0) is 14.8. The van der Waals surface area contributed by atoms with Crippen LogP contribution in [0.5, 0.6) is 0 Å². The molecule has 0 saturated heterocycles. The number of nitrogens with zero attached hydrogens (tertiary/aromatic N) is 3. The molecule has 6 heteroatoms. The van der Waals surface area contributed by atoms with Crippen molar-refractivity contribution in [2.75, 3.05) is 25.2 Å². The second kappa shape index (κ2) is 5.41. The third kappa shape index (κ3) is 2.30. The minimum atomic E-state index is 0.458. The molecule has 0 fully saturated rings. The van der Waals surface area contributed by atoms with Crippen molar-refractivity contribution < 1.29 is 4.74 Å². The number of benzene rings is 1. The molecule has 0 aliphatic carbocycles. The fraction of sp³-hybridized carbons (Fsp3) is 0.200. The highest BCUT2D eigenvalue weighted by Gasteiger charge is 2.16. The first-order valence-corrected chi connectivity index (χ1v) is 6.62. The average molecular weight is 283 g/mol. The van der Waals surface area contributed by atoms with Crippen molar-refractivity contribution in [3.8, 4) is 11.1 Å². The monoisotopic (exact) mass is 283 g/mol. The number of ether oxygens (including phenoxy) is 1. The minimum Gasteiger partial charge on any atom is -0.388 e. The number of aromatic nitrogens is 3. The topological polar surface area (TPSA) is 77.5 Å². The molecule has 0 amide bonds. The van der Waals surface area contributed by atoms with Gasteiger partial charge in [0.25, 0.3) is 0 Å². The van der Waals surface area contributed by atoms with Gasteiger partial charge in [0.05, 0.1) is 6.61 Å². The Bertz CT molecular complexity index is 764. The number of hydrogen-bond donors (Lipinski definition) is 2. The molecule has 21 heavy (non-hydrogen) atoms. The van der Waals surface area contributed by atoms with Crippen molar-refractivity contribution in [1.82, 2.24) is 14.6 Å². The summed E-state index contributed by atoms with van der Waals surface area (Å²) in [5.74, 6) is 0.458. The van der Waals surface area contributed by atoms with Gasteiger partial charge in [-0.2, -0.15) is 5.10 Å². The van der Waals surface area contributed by atoms with Crippen LogP contribution in [0.1, 0.15) is 5.56 Å². The molecule has 0 radical (unpaired) electrons. The first-order chi connectivity index (χ1) is 10.2. The van der Waals surface area contributed by atoms with Crippen molar-refractivity contribution in [3.63, 3.8) is 0 Å². The molecule has 0 aliphatic rings. The quantitative estimate of drug-likeness (QED) is 0.767. The van der Waals surface area contributed by atoms with E-state index in [1.165, 1.54) is 6.33 Å². The van der Waals surface area contributed by atoms with Crippen molar-refractivity contribution in [2.24, 2.45) is 0 Å². The van der Waals surface area contributed by atoms with Gasteiger partial charge in [-0.15, -0.1) is 0 Å². The predicted octanol–water partition coefficient (Wildman–Crippen LogP) is 2.17. The first kappa shape index (κ1) is 13.4. The van der Waals surface area contributed by atoms with Crippen LogP contribution >= 0.6 is 0 Å². The molecule has 0 saturated carbocycles. The first-order valence-electron chi connectivity index (χ1n) is 6.62. The third-order valence-corrected chi connectivity index (χ3v) is 3.44. The van der Waals surface area contributed by atoms with Gasteiger partial charge >= 0.3 is 0 Å². The summed E-state index contributed by atoms with van der Waals surface area (Å²) in [4.78, 5) is 4.09. The number of rotatable bonds is 4. The van der Waals surface area contributed by atoms with Crippen LogP contribution in [0.25, 0.3) is 16.6 Å². The standard InChI is InChI=1S/C15H17N5O/c1-17-12-5-3-10(4-6-12)13-11(8-21-2)7-20-14(13)15(16)18-9-19-20/h3-7,9,17H,8H2,1-2H3,(H2,16,18,19). The second-order valence-electron chi connectivity index (χ2n) is 4.73. The van der Waals surface area contributed by atoms with Gasteiger partial charge in [0.1, 0.15) is 11.8 Å². The van der Waals surface area contributed by atoms with Gasteiger partial charge in [0, 0.05) is 37.2 Å². The molecular weight excluding hydrogens is 266 g/mol. The summed E-state index contributed by atoms with van der Waals surface area (Å²) >= 11 is 0. The van der Waals surface area contributed by atoms with Crippen LogP contribution in [0.3, 0.4) is 0 Å². The van der Waals surface area contributed by atoms with Crippen molar-refractivity contribution in [3.05, 3.63) is 42.4 Å². The van der Waals surface area contributed by atoms with Crippen LogP contribution in [0.4, 0.5) is 11.5 Å². The summed E-state index contributed by atoms with van der Waals surface area (Å²) in [7, 11) is 3.57. The summed E-state index contributed by atoms with van der Waals surface area (Å²) < 4.78 is 7.04. The molecule has 0 atom stereocenters. The van der Waals surface area contributed by atoms with E-state index in [9.17, 15) is 0 Å². The Kier molecular flexibility index (Phi) is 3.45. The molecule has 2 heterocycles. The van der Waals surface area contributed by atoms with E-state index in [2.05, 4.69) is 15.4 Å². The molecule has 0 unspecified atom stereocenters. The van der Waals surface area contributed by atoms with Gasteiger partial charge in [-0.3, -0.25) is 0 Å². The van der Waals surface area contributed by atoms with Crippen LogP contribution < -0.4 is 11.1 Å². The minimum absolute atomic E-state index is 0.458. The predicted molar refractivity (Wildman–Crippen MR) is 83.1 cm³/mol. The Morgan fingerprint density at radius 3 is 2.71 bits per heavy atom. The number of fused-ring (bicyclic) bond motifs is 1. The molecule has 0 aliphatic heterocycles. The lowest BCUT2D eigenvalue weighted by Gasteiger charge is -2.07. The molecule has 0 spiro atoms. The van der Waals surface area contributed by atoms with Crippen LogP contribution in [0.15, 0.2) is 36.8 Å². The maximum atomic E-state index is 6.03. The molecule has 108 valence electrons. The summed E-state index contributed by atoms with van der Waals surface area (Å²) in [6.07, 6.45) is 3.38. The number of nitrogen functional groups attached to an aromatic ring is 1. The Morgan fingerprint density at radius 1 is 1.29 bits per heavy atom. The Morgan fingerprint density at radius 2 is 2.05 bits per heavy atom. The lowest BCUT2D eigenvalue weighted by Crippen LogP contribution is -1.98. The number of nitrogens with two attached hydrogens (primary N) is 1. The van der Waals surface area contributed by atoms with Gasteiger partial charge in [0.2, 0.25) is 0 Å². The SMILES string of the molecule is CNc1ccc(-c2c(COC)cn3ncnc(N)c23)cc1. The van der Waals surface area contributed by atoms with E-state index in [4.69, 9.17) is 10.5 Å². The lowest BCUT2D eigenvalue weighted by atomic mass is 10.0. The highest BCUT2D eigenvalue weighted by molar-refractivity contribution is 5.90. The van der Waals surface area contributed by atoms with Gasteiger partial charge in [0.15, 0.2) is 5.82 Å². The van der Waals surface area contributed by atoms with E-state index in [0.717, 1.165) is 27.9 Å². The van der Waals surface area contributed by atoms with E-state index in [0.29, 0.717) is 12.4 Å². The van der Waals surface area contributed by atoms with E-state index >= 15 is 0 Å². The number of nitrogens with one attached hydrogen (secondary N) is 1. The van der Waals surface area contributed by atoms with Crippen LogP contribution in [-0.2, 0) is 11.3 Å². The van der Waals surface area contributed by atoms with Crippen molar-refractivity contribution in [2.45, 2.75) is 6.61 Å². The normalized spacial score (nSPS) is 11.0. The van der Waals surface area contributed by atoms with Gasteiger partial charge in [-0.05, 0) is 17.7 Å². The van der Waals surface area contributed by atoms with Gasteiger partial charge < -0.3 is 15.8 Å². The van der Waals surface area contributed by atoms with E-state index in [1.807, 2.05) is 37.5 Å². The van der Waals surface area contributed by atoms with E-state index in [-0.39, 0.29) is 0 Å². The molecule has 0 bridgehead atoms. The largest absolute Gasteiger partial charge is 0.388 e. The summed E-state index contributed by atoms with van der Waals surface area (Å²) in [5, 5.41) is 7.33. The highest BCUT2D eigenvalue weighted by Crippen LogP contribution is 2.33. The number of hydrogen-bond acceptors (Lipinski definition) is 5. The van der Waals surface area contributed by atoms with E-state index < -0.39 is 0 Å². The maximum Gasteiger partial charge on any atom is 0.151 e. The molecule has 2 aromatic heterocycles. The molecule has 3 N–H and O–H groups in total. The summed E-state index contributed by atoms with van der Waals surface area (Å²) in [5.41, 5.74) is 11.0. The van der Waals surface area contributed by atoms with E-state index in [1.54, 1.807) is 11.6 Å². The van der Waals surface area contributed by atoms with Crippen molar-refractivity contribution >= 4 is 17.0 Å². The molecule has 3 aromatic rings. The second-order valence-corrected chi connectivity index (χ2v) is 4.73. The lowest BCUT2D eigenvalue weighted by molar-refractivity contribution is 0.185. The molecule has 3 rings (SSSR count). The Balaban J connectivity index is 2.24. The third-order valence-electron chi connectivity index (χ3n) is 3.44. The fourth-order valence-corrected chi connectivity index (χ4v) is 2.48. The zero-order valence-corrected chi connectivity index (χ0v) is 12.0. The highest BCUT2D eigenvalue weighted by atomic mass is 16.5. The number of methoxy groups -OCH3 is 1. The molecule has 6 nitrogen and oxygen atoms in total. The fourth-order valence-electron chi connectivity index (χ4n) is 2.48. The number of anilines is 2. The van der Waals surface area contributed by atoms with Crippen LogP contribution in [0, 0.1) is 0 Å². The summed E-state index contributed by atoms with van der Waals surface area (Å²) in [6, 6.07) is 8.14. The smallest absolute Gasteiger partial charge is 0.151 e. The van der Waals surface area contributed by atoms with Crippen LogP contribution in [-0.4, -0.2) is 28.8 Å². The maximum absolute atomic E-state index is 6.03.